The van der Waals surface area contributed by atoms with Crippen molar-refractivity contribution in [2.45, 2.75) is 38.8 Å². The molecule has 0 aliphatic heterocycles. The Morgan fingerprint density at radius 3 is 2.41 bits per heavy atom. The molecule has 0 fully saturated rings. The highest BCUT2D eigenvalue weighted by atomic mass is 35.5. The van der Waals surface area contributed by atoms with E-state index in [-0.39, 0.29) is 19.0 Å². The summed E-state index contributed by atoms with van der Waals surface area (Å²) in [6, 6.07) is 15.4. The zero-order valence-corrected chi connectivity index (χ0v) is 16.8. The fourth-order valence-corrected chi connectivity index (χ4v) is 2.97. The lowest BCUT2D eigenvalue weighted by Gasteiger charge is -2.17. The lowest BCUT2D eigenvalue weighted by Crippen LogP contribution is -2.25. The van der Waals surface area contributed by atoms with Gasteiger partial charge < -0.3 is 19.1 Å². The second kappa shape index (κ2) is 9.62. The van der Waals surface area contributed by atoms with Gasteiger partial charge in [-0.15, -0.1) is 12.4 Å². The summed E-state index contributed by atoms with van der Waals surface area (Å²) in [6.07, 6.45) is 0.374. The fourth-order valence-electron chi connectivity index (χ4n) is 2.97. The predicted molar refractivity (Wildman–Crippen MR) is 110 cm³/mol. The van der Waals surface area contributed by atoms with E-state index in [0.29, 0.717) is 18.2 Å². The van der Waals surface area contributed by atoms with E-state index in [0.717, 1.165) is 29.0 Å². The Hall–Kier alpha value is -2.24. The van der Waals surface area contributed by atoms with Gasteiger partial charge in [-0.1, -0.05) is 26.0 Å². The molecule has 6 heteroatoms. The van der Waals surface area contributed by atoms with E-state index in [1.165, 1.54) is 0 Å². The quantitative estimate of drug-likeness (QED) is 0.618. The molecule has 5 nitrogen and oxygen atoms in total. The SMILES string of the molecule is CCC(C)c1nc2ccccc2n1CC(O)COc1ccc(OC)cc1.Cl. The van der Waals surface area contributed by atoms with Crippen LogP contribution in [0.4, 0.5) is 0 Å². The van der Waals surface area contributed by atoms with Gasteiger partial charge in [-0.2, -0.15) is 0 Å². The molecule has 0 amide bonds. The number of ether oxygens (including phenoxy) is 2. The van der Waals surface area contributed by atoms with Gasteiger partial charge in [-0.3, -0.25) is 0 Å². The second-order valence-corrected chi connectivity index (χ2v) is 6.52. The number of nitrogens with zero attached hydrogens (tertiary/aromatic N) is 2. The lowest BCUT2D eigenvalue weighted by atomic mass is 10.1. The number of hydrogen-bond donors (Lipinski definition) is 1. The minimum absolute atomic E-state index is 0. The summed E-state index contributed by atoms with van der Waals surface area (Å²) in [5.41, 5.74) is 2.01. The molecule has 0 saturated heterocycles. The maximum Gasteiger partial charge on any atom is 0.119 e. The molecule has 2 atom stereocenters. The van der Waals surface area contributed by atoms with E-state index >= 15 is 0 Å². The second-order valence-electron chi connectivity index (χ2n) is 6.52. The molecule has 2 unspecified atom stereocenters. The molecule has 0 bridgehead atoms. The average molecular weight is 391 g/mol. The van der Waals surface area contributed by atoms with Crippen LogP contribution in [0.2, 0.25) is 0 Å². The van der Waals surface area contributed by atoms with E-state index in [4.69, 9.17) is 14.5 Å². The topological polar surface area (TPSA) is 56.5 Å². The summed E-state index contributed by atoms with van der Waals surface area (Å²) in [5, 5.41) is 10.5. The number of benzene rings is 2. The Balaban J connectivity index is 0.00000261. The molecule has 146 valence electrons. The Kier molecular flexibility index (Phi) is 7.51. The van der Waals surface area contributed by atoms with E-state index < -0.39 is 6.10 Å². The molecule has 3 aromatic rings. The molecule has 1 heterocycles. The molecule has 0 spiro atoms. The van der Waals surface area contributed by atoms with E-state index in [2.05, 4.69) is 18.4 Å². The van der Waals surface area contributed by atoms with Crippen molar-refractivity contribution < 1.29 is 14.6 Å². The molecule has 0 aliphatic rings. The lowest BCUT2D eigenvalue weighted by molar-refractivity contribution is 0.0924. The summed E-state index contributed by atoms with van der Waals surface area (Å²) in [7, 11) is 1.63. The zero-order chi connectivity index (χ0) is 18.5. The number of aliphatic hydroxyl groups excluding tert-OH is 1. The summed E-state index contributed by atoms with van der Waals surface area (Å²) in [5.74, 6) is 2.83. The van der Waals surface area contributed by atoms with Crippen molar-refractivity contribution in [2.24, 2.45) is 0 Å². The van der Waals surface area contributed by atoms with E-state index in [1.807, 2.05) is 48.5 Å². The van der Waals surface area contributed by atoms with E-state index in [9.17, 15) is 5.11 Å². The largest absolute Gasteiger partial charge is 0.497 e. The monoisotopic (exact) mass is 390 g/mol. The number of aliphatic hydroxyl groups is 1. The fraction of sp³-hybridized carbons (Fsp3) is 0.381. The molecule has 0 radical (unpaired) electrons. The van der Waals surface area contributed by atoms with Crippen LogP contribution in [0.3, 0.4) is 0 Å². The van der Waals surface area contributed by atoms with Crippen LogP contribution in [0.15, 0.2) is 48.5 Å². The van der Waals surface area contributed by atoms with Crippen molar-refractivity contribution in [1.82, 2.24) is 9.55 Å². The van der Waals surface area contributed by atoms with Gasteiger partial charge in [0.05, 0.1) is 24.7 Å². The average Bonchev–Trinajstić information content (AvgIpc) is 3.04. The van der Waals surface area contributed by atoms with Crippen LogP contribution in [-0.4, -0.2) is 34.5 Å². The highest BCUT2D eigenvalue weighted by molar-refractivity contribution is 5.85. The van der Waals surface area contributed by atoms with Crippen molar-refractivity contribution in [2.75, 3.05) is 13.7 Å². The van der Waals surface area contributed by atoms with Crippen molar-refractivity contribution in [3.05, 3.63) is 54.4 Å². The number of hydrogen-bond acceptors (Lipinski definition) is 4. The minimum atomic E-state index is -0.627. The smallest absolute Gasteiger partial charge is 0.119 e. The number of halogens is 1. The first-order valence-corrected chi connectivity index (χ1v) is 9.02. The van der Waals surface area contributed by atoms with Crippen LogP contribution < -0.4 is 9.47 Å². The molecular formula is C21H27ClN2O3. The maximum atomic E-state index is 10.5. The molecule has 1 aromatic heterocycles. The molecular weight excluding hydrogens is 364 g/mol. The number of para-hydroxylation sites is 2. The summed E-state index contributed by atoms with van der Waals surface area (Å²) in [6.45, 7) is 4.99. The Labute approximate surface area is 166 Å². The number of rotatable bonds is 8. The molecule has 0 saturated carbocycles. The third-order valence-corrected chi connectivity index (χ3v) is 4.63. The van der Waals surface area contributed by atoms with Gasteiger partial charge in [-0.05, 0) is 42.8 Å². The molecule has 3 rings (SSSR count). The number of methoxy groups -OCH3 is 1. The van der Waals surface area contributed by atoms with Gasteiger partial charge in [0.1, 0.15) is 30.0 Å². The van der Waals surface area contributed by atoms with Gasteiger partial charge >= 0.3 is 0 Å². The first kappa shape index (κ1) is 21.1. The van der Waals surface area contributed by atoms with Gasteiger partial charge in [0.15, 0.2) is 0 Å². The standard InChI is InChI=1S/C21H26N2O3.ClH/c1-4-15(2)21-22-19-7-5-6-8-20(19)23(21)13-16(24)14-26-18-11-9-17(25-3)10-12-18;/h5-12,15-16,24H,4,13-14H2,1-3H3;1H. The summed E-state index contributed by atoms with van der Waals surface area (Å²) >= 11 is 0. The predicted octanol–water partition coefficient (Wildman–Crippen LogP) is 4.42. The number of fused-ring (bicyclic) bond motifs is 1. The summed E-state index contributed by atoms with van der Waals surface area (Å²) in [4.78, 5) is 4.77. The van der Waals surface area contributed by atoms with Crippen molar-refractivity contribution in [3.63, 3.8) is 0 Å². The highest BCUT2D eigenvalue weighted by Crippen LogP contribution is 2.24. The van der Waals surface area contributed by atoms with Crippen molar-refractivity contribution in [3.8, 4) is 11.5 Å². The zero-order valence-electron chi connectivity index (χ0n) is 16.0. The normalized spacial score (nSPS) is 13.0. The van der Waals surface area contributed by atoms with Crippen molar-refractivity contribution in [1.29, 1.82) is 0 Å². The molecule has 2 aromatic carbocycles. The van der Waals surface area contributed by atoms with Crippen LogP contribution in [-0.2, 0) is 6.54 Å². The first-order chi connectivity index (χ1) is 12.6. The van der Waals surface area contributed by atoms with Crippen molar-refractivity contribution >= 4 is 23.4 Å². The summed E-state index contributed by atoms with van der Waals surface area (Å²) < 4.78 is 13.0. The number of aromatic nitrogens is 2. The van der Waals surface area contributed by atoms with Crippen LogP contribution in [0, 0.1) is 0 Å². The third-order valence-electron chi connectivity index (χ3n) is 4.63. The van der Waals surface area contributed by atoms with Crippen LogP contribution in [0.5, 0.6) is 11.5 Å². The van der Waals surface area contributed by atoms with Crippen LogP contribution in [0.25, 0.3) is 11.0 Å². The first-order valence-electron chi connectivity index (χ1n) is 9.02. The maximum absolute atomic E-state index is 10.5. The van der Waals surface area contributed by atoms with Gasteiger partial charge in [0.25, 0.3) is 0 Å². The van der Waals surface area contributed by atoms with Gasteiger partial charge in [0, 0.05) is 5.92 Å². The highest BCUT2D eigenvalue weighted by Gasteiger charge is 2.18. The van der Waals surface area contributed by atoms with Gasteiger partial charge in [-0.25, -0.2) is 4.98 Å². The Morgan fingerprint density at radius 2 is 1.74 bits per heavy atom. The number of imidazole rings is 1. The van der Waals surface area contributed by atoms with E-state index in [1.54, 1.807) is 7.11 Å². The molecule has 27 heavy (non-hydrogen) atoms. The van der Waals surface area contributed by atoms with Gasteiger partial charge in [0.2, 0.25) is 0 Å². The third kappa shape index (κ3) is 4.93. The molecule has 1 N–H and O–H groups in total. The minimum Gasteiger partial charge on any atom is -0.497 e. The molecule has 0 aliphatic carbocycles. The Bertz CT molecular complexity index is 848. The Morgan fingerprint density at radius 1 is 1.07 bits per heavy atom. The van der Waals surface area contributed by atoms with Crippen LogP contribution >= 0.6 is 12.4 Å². The van der Waals surface area contributed by atoms with Crippen LogP contribution in [0.1, 0.15) is 32.0 Å².